The quantitative estimate of drug-likeness (QED) is 0.711. The van der Waals surface area contributed by atoms with Gasteiger partial charge in [0.25, 0.3) is 5.56 Å². The topological polar surface area (TPSA) is 54.6 Å². The fraction of sp³-hybridized carbons (Fsp3) is 0.500. The summed E-state index contributed by atoms with van der Waals surface area (Å²) in [6, 6.07) is 1.73. The van der Waals surface area contributed by atoms with Gasteiger partial charge in [0.1, 0.15) is 5.52 Å². The molecule has 0 unspecified atom stereocenters. The lowest BCUT2D eigenvalue weighted by molar-refractivity contribution is 0.397. The minimum Gasteiger partial charge on any atom is -0.314 e. The molecule has 98 valence electrons. The van der Waals surface area contributed by atoms with Crippen LogP contribution in [0.15, 0.2) is 29.5 Å². The molecule has 0 amide bonds. The minimum atomic E-state index is 0.00408. The molecule has 2 aromatic heterocycles. The molecule has 2 aromatic rings. The second-order valence-electron chi connectivity index (χ2n) is 4.51. The molecule has 2 heterocycles. The van der Waals surface area contributed by atoms with Crippen LogP contribution < -0.4 is 10.9 Å². The zero-order valence-electron chi connectivity index (χ0n) is 10.8. The van der Waals surface area contributed by atoms with Crippen LogP contribution in [0.1, 0.15) is 0 Å². The molecular formula is C12H19N5O. The number of rotatable bonds is 6. The van der Waals surface area contributed by atoms with Crippen LogP contribution in [0.4, 0.5) is 0 Å². The molecule has 0 saturated carbocycles. The van der Waals surface area contributed by atoms with Gasteiger partial charge < -0.3 is 14.8 Å². The van der Waals surface area contributed by atoms with Crippen molar-refractivity contribution < 1.29 is 0 Å². The molecule has 6 nitrogen and oxygen atoms in total. The predicted octanol–water partition coefficient (Wildman–Crippen LogP) is -0.353. The molecule has 6 heteroatoms. The highest BCUT2D eigenvalue weighted by Crippen LogP contribution is 1.93. The van der Waals surface area contributed by atoms with E-state index in [9.17, 15) is 4.79 Å². The van der Waals surface area contributed by atoms with Crippen molar-refractivity contribution in [2.45, 2.75) is 6.54 Å². The summed E-state index contributed by atoms with van der Waals surface area (Å²) in [5.41, 5.74) is 0.621. The number of fused-ring (bicyclic) bond motifs is 1. The summed E-state index contributed by atoms with van der Waals surface area (Å²) in [4.78, 5) is 14.2. The van der Waals surface area contributed by atoms with Gasteiger partial charge in [0, 0.05) is 38.6 Å². The van der Waals surface area contributed by atoms with Crippen molar-refractivity contribution >= 4 is 5.52 Å². The van der Waals surface area contributed by atoms with Gasteiger partial charge in [-0.15, -0.1) is 0 Å². The van der Waals surface area contributed by atoms with Crippen LogP contribution in [0.3, 0.4) is 0 Å². The summed E-state index contributed by atoms with van der Waals surface area (Å²) in [7, 11) is 4.08. The molecule has 18 heavy (non-hydrogen) atoms. The molecule has 2 rings (SSSR count). The highest BCUT2D eigenvalue weighted by atomic mass is 16.1. The first-order valence-electron chi connectivity index (χ1n) is 6.07. The molecule has 0 saturated heterocycles. The van der Waals surface area contributed by atoms with Crippen LogP contribution in [0.25, 0.3) is 5.52 Å². The maximum Gasteiger partial charge on any atom is 0.276 e. The third-order valence-electron chi connectivity index (χ3n) is 2.80. The maximum atomic E-state index is 12.0. The second kappa shape index (κ2) is 5.79. The van der Waals surface area contributed by atoms with E-state index in [1.807, 2.05) is 14.1 Å². The first-order valence-corrected chi connectivity index (χ1v) is 6.07. The number of hydrogen-bond donors (Lipinski definition) is 1. The fourth-order valence-corrected chi connectivity index (χ4v) is 1.76. The Morgan fingerprint density at radius 3 is 2.94 bits per heavy atom. The van der Waals surface area contributed by atoms with Crippen molar-refractivity contribution in [2.75, 3.05) is 33.7 Å². The van der Waals surface area contributed by atoms with Crippen LogP contribution in [0, 0.1) is 0 Å². The van der Waals surface area contributed by atoms with Gasteiger partial charge in [0.2, 0.25) is 0 Å². The van der Waals surface area contributed by atoms with Gasteiger partial charge >= 0.3 is 0 Å². The molecule has 0 aliphatic carbocycles. The van der Waals surface area contributed by atoms with E-state index in [2.05, 4.69) is 15.3 Å². The van der Waals surface area contributed by atoms with E-state index in [-0.39, 0.29) is 5.56 Å². The lowest BCUT2D eigenvalue weighted by Gasteiger charge is -2.11. The number of hydrogen-bond acceptors (Lipinski definition) is 4. The van der Waals surface area contributed by atoms with E-state index >= 15 is 0 Å². The Kier molecular flexibility index (Phi) is 4.11. The smallest absolute Gasteiger partial charge is 0.276 e. The Labute approximate surface area is 106 Å². The average molecular weight is 249 g/mol. The third kappa shape index (κ3) is 2.96. The normalized spacial score (nSPS) is 11.5. The number of nitrogens with zero attached hydrogens (tertiary/aromatic N) is 4. The number of aromatic nitrogens is 3. The van der Waals surface area contributed by atoms with Gasteiger partial charge in [-0.25, -0.2) is 4.52 Å². The van der Waals surface area contributed by atoms with Gasteiger partial charge in [-0.2, -0.15) is 5.10 Å². The number of likely N-dealkylation sites (N-methyl/N-ethyl adjacent to an activating group) is 1. The zero-order chi connectivity index (χ0) is 13.0. The van der Waals surface area contributed by atoms with Crippen molar-refractivity contribution in [1.29, 1.82) is 0 Å². The van der Waals surface area contributed by atoms with E-state index in [0.717, 1.165) is 19.6 Å². The summed E-state index contributed by atoms with van der Waals surface area (Å²) in [6.45, 7) is 3.39. The molecular weight excluding hydrogens is 230 g/mol. The van der Waals surface area contributed by atoms with Gasteiger partial charge in [0.15, 0.2) is 0 Å². The molecule has 0 fully saturated rings. The molecule has 0 radical (unpaired) electrons. The van der Waals surface area contributed by atoms with Crippen molar-refractivity contribution in [2.24, 2.45) is 0 Å². The Hall–Kier alpha value is -1.66. The first kappa shape index (κ1) is 12.8. The number of nitrogens with one attached hydrogen (secondary N) is 1. The van der Waals surface area contributed by atoms with Crippen LogP contribution in [-0.2, 0) is 6.54 Å². The molecule has 0 atom stereocenters. The van der Waals surface area contributed by atoms with E-state index < -0.39 is 0 Å². The maximum absolute atomic E-state index is 12.0. The Bertz CT molecular complexity index is 557. The van der Waals surface area contributed by atoms with E-state index in [1.54, 1.807) is 33.7 Å². The summed E-state index contributed by atoms with van der Waals surface area (Å²) in [6.07, 6.45) is 5.21. The first-order chi connectivity index (χ1) is 8.68. The van der Waals surface area contributed by atoms with Gasteiger partial charge in [-0.1, -0.05) is 0 Å². The summed E-state index contributed by atoms with van der Waals surface area (Å²) in [5.74, 6) is 0. The lowest BCUT2D eigenvalue weighted by atomic mass is 10.4. The van der Waals surface area contributed by atoms with E-state index in [1.165, 1.54) is 0 Å². The second-order valence-corrected chi connectivity index (χ2v) is 4.51. The Morgan fingerprint density at radius 2 is 2.17 bits per heavy atom. The fourth-order valence-electron chi connectivity index (χ4n) is 1.76. The van der Waals surface area contributed by atoms with Gasteiger partial charge in [0.05, 0.1) is 6.20 Å². The van der Waals surface area contributed by atoms with E-state index in [4.69, 9.17) is 0 Å². The molecule has 0 spiro atoms. The van der Waals surface area contributed by atoms with Crippen molar-refractivity contribution in [3.63, 3.8) is 0 Å². The average Bonchev–Trinajstić information content (AvgIpc) is 2.80. The monoisotopic (exact) mass is 249 g/mol. The standard InChI is InChI=1S/C12H19N5O/c1-15(2)7-5-13-6-8-16-9-10-17-11(12(16)18)3-4-14-17/h3-4,9-10,13H,5-8H2,1-2H3. The third-order valence-corrected chi connectivity index (χ3v) is 2.80. The van der Waals surface area contributed by atoms with Crippen LogP contribution in [0.5, 0.6) is 0 Å². The van der Waals surface area contributed by atoms with E-state index in [0.29, 0.717) is 12.1 Å². The molecule has 0 aliphatic rings. The summed E-state index contributed by atoms with van der Waals surface area (Å²) >= 11 is 0. The van der Waals surface area contributed by atoms with Gasteiger partial charge in [-0.05, 0) is 20.2 Å². The van der Waals surface area contributed by atoms with Gasteiger partial charge in [-0.3, -0.25) is 4.79 Å². The largest absolute Gasteiger partial charge is 0.314 e. The van der Waals surface area contributed by atoms with Crippen molar-refractivity contribution in [1.82, 2.24) is 24.4 Å². The minimum absolute atomic E-state index is 0.00408. The Balaban J connectivity index is 1.91. The Morgan fingerprint density at radius 1 is 1.33 bits per heavy atom. The summed E-state index contributed by atoms with van der Waals surface area (Å²) in [5, 5.41) is 7.34. The van der Waals surface area contributed by atoms with Crippen molar-refractivity contribution in [3.05, 3.63) is 35.0 Å². The molecule has 0 aliphatic heterocycles. The predicted molar refractivity (Wildman–Crippen MR) is 70.9 cm³/mol. The zero-order valence-corrected chi connectivity index (χ0v) is 10.8. The summed E-state index contributed by atoms with van der Waals surface area (Å²) < 4.78 is 3.30. The molecule has 1 N–H and O–H groups in total. The van der Waals surface area contributed by atoms with Crippen LogP contribution in [0.2, 0.25) is 0 Å². The van der Waals surface area contributed by atoms with Crippen LogP contribution in [-0.4, -0.2) is 52.8 Å². The molecule has 0 bridgehead atoms. The molecule has 0 aromatic carbocycles. The highest BCUT2D eigenvalue weighted by molar-refractivity contribution is 5.42. The van der Waals surface area contributed by atoms with Crippen molar-refractivity contribution in [3.8, 4) is 0 Å². The SMILES string of the molecule is CN(C)CCNCCn1ccn2nccc2c1=O. The lowest BCUT2D eigenvalue weighted by Crippen LogP contribution is -2.31. The highest BCUT2D eigenvalue weighted by Gasteiger charge is 2.02. The van der Waals surface area contributed by atoms with Crippen LogP contribution >= 0.6 is 0 Å².